The Labute approximate surface area is 76.9 Å². The van der Waals surface area contributed by atoms with Gasteiger partial charge in [0.2, 0.25) is 0 Å². The Kier molecular flexibility index (Phi) is 4.07. The van der Waals surface area contributed by atoms with Crippen molar-refractivity contribution in [2.24, 2.45) is 11.8 Å². The molecular formula is C11H23N. The summed E-state index contributed by atoms with van der Waals surface area (Å²) in [5.74, 6) is 1.89. The first-order chi connectivity index (χ1) is 5.70. The van der Waals surface area contributed by atoms with E-state index in [1.807, 2.05) is 0 Å². The van der Waals surface area contributed by atoms with Crippen LogP contribution in [0.4, 0.5) is 0 Å². The molecule has 1 nitrogen and oxygen atoms in total. The van der Waals surface area contributed by atoms with E-state index in [-0.39, 0.29) is 0 Å². The molecule has 1 saturated carbocycles. The molecule has 2 unspecified atom stereocenters. The smallest absolute Gasteiger partial charge is 0.00104 e. The number of hydrogen-bond acceptors (Lipinski definition) is 1. The zero-order chi connectivity index (χ0) is 8.97. The molecule has 1 aliphatic rings. The van der Waals surface area contributed by atoms with Gasteiger partial charge in [-0.3, -0.25) is 0 Å². The molecule has 0 aromatic carbocycles. The standard InChI is InChI=1S/C11H23N/c1-9(2)12-8-11-7-5-4-6-10(11)3/h9-12H,4-8H2,1-3H3. The summed E-state index contributed by atoms with van der Waals surface area (Å²) in [6.45, 7) is 8.10. The van der Waals surface area contributed by atoms with Gasteiger partial charge in [0, 0.05) is 6.04 Å². The highest BCUT2D eigenvalue weighted by molar-refractivity contribution is 4.74. The molecule has 0 aliphatic heterocycles. The molecule has 0 spiro atoms. The van der Waals surface area contributed by atoms with Crippen LogP contribution in [0.25, 0.3) is 0 Å². The Morgan fingerprint density at radius 2 is 1.92 bits per heavy atom. The molecule has 1 N–H and O–H groups in total. The van der Waals surface area contributed by atoms with Gasteiger partial charge < -0.3 is 5.32 Å². The van der Waals surface area contributed by atoms with E-state index >= 15 is 0 Å². The van der Waals surface area contributed by atoms with Crippen LogP contribution in [0.1, 0.15) is 46.5 Å². The van der Waals surface area contributed by atoms with Crippen molar-refractivity contribution in [3.8, 4) is 0 Å². The SMILES string of the molecule is CC(C)NCC1CCCCC1C. The van der Waals surface area contributed by atoms with Crippen LogP contribution < -0.4 is 5.32 Å². The zero-order valence-corrected chi connectivity index (χ0v) is 8.77. The number of rotatable bonds is 3. The predicted molar refractivity (Wildman–Crippen MR) is 54.3 cm³/mol. The highest BCUT2D eigenvalue weighted by atomic mass is 14.9. The van der Waals surface area contributed by atoms with E-state index in [1.165, 1.54) is 32.2 Å². The lowest BCUT2D eigenvalue weighted by molar-refractivity contribution is 0.243. The molecule has 2 atom stereocenters. The van der Waals surface area contributed by atoms with Crippen molar-refractivity contribution in [2.45, 2.75) is 52.5 Å². The second-order valence-electron chi connectivity index (χ2n) is 4.58. The summed E-state index contributed by atoms with van der Waals surface area (Å²) in [6.07, 6.45) is 5.81. The molecule has 1 aliphatic carbocycles. The van der Waals surface area contributed by atoms with Gasteiger partial charge >= 0.3 is 0 Å². The largest absolute Gasteiger partial charge is 0.314 e. The monoisotopic (exact) mass is 169 g/mol. The molecule has 1 fully saturated rings. The van der Waals surface area contributed by atoms with Crippen molar-refractivity contribution >= 4 is 0 Å². The van der Waals surface area contributed by atoms with E-state index < -0.39 is 0 Å². The molecule has 0 heterocycles. The van der Waals surface area contributed by atoms with E-state index in [9.17, 15) is 0 Å². The third-order valence-corrected chi connectivity index (χ3v) is 3.08. The molecule has 0 aromatic rings. The predicted octanol–water partition coefficient (Wildman–Crippen LogP) is 2.81. The Morgan fingerprint density at radius 1 is 1.25 bits per heavy atom. The third-order valence-electron chi connectivity index (χ3n) is 3.08. The zero-order valence-electron chi connectivity index (χ0n) is 8.77. The van der Waals surface area contributed by atoms with Gasteiger partial charge in [0.15, 0.2) is 0 Å². The van der Waals surface area contributed by atoms with E-state index in [2.05, 4.69) is 26.1 Å². The first-order valence-electron chi connectivity index (χ1n) is 5.43. The maximum absolute atomic E-state index is 3.55. The van der Waals surface area contributed by atoms with Crippen LogP contribution in [0.15, 0.2) is 0 Å². The molecule has 72 valence electrons. The van der Waals surface area contributed by atoms with Crippen molar-refractivity contribution in [1.82, 2.24) is 5.32 Å². The first-order valence-corrected chi connectivity index (χ1v) is 5.43. The van der Waals surface area contributed by atoms with Crippen LogP contribution in [0.2, 0.25) is 0 Å². The quantitative estimate of drug-likeness (QED) is 0.685. The molecular weight excluding hydrogens is 146 g/mol. The van der Waals surface area contributed by atoms with Crippen LogP contribution >= 0.6 is 0 Å². The van der Waals surface area contributed by atoms with Gasteiger partial charge in [-0.15, -0.1) is 0 Å². The van der Waals surface area contributed by atoms with Gasteiger partial charge in [-0.05, 0) is 24.8 Å². The molecule has 1 rings (SSSR count). The molecule has 0 radical (unpaired) electrons. The summed E-state index contributed by atoms with van der Waals surface area (Å²) in [4.78, 5) is 0. The number of nitrogens with one attached hydrogen (secondary N) is 1. The Bertz CT molecular complexity index is 120. The maximum Gasteiger partial charge on any atom is 0.00104 e. The summed E-state index contributed by atoms with van der Waals surface area (Å²) in [7, 11) is 0. The highest BCUT2D eigenvalue weighted by Gasteiger charge is 2.20. The van der Waals surface area contributed by atoms with Gasteiger partial charge in [0.25, 0.3) is 0 Å². The van der Waals surface area contributed by atoms with Gasteiger partial charge in [0.1, 0.15) is 0 Å². The normalized spacial score (nSPS) is 31.0. The maximum atomic E-state index is 3.55. The summed E-state index contributed by atoms with van der Waals surface area (Å²) >= 11 is 0. The van der Waals surface area contributed by atoms with Gasteiger partial charge in [-0.25, -0.2) is 0 Å². The van der Waals surface area contributed by atoms with E-state index in [4.69, 9.17) is 0 Å². The lowest BCUT2D eigenvalue weighted by Crippen LogP contribution is -2.33. The summed E-state index contributed by atoms with van der Waals surface area (Å²) < 4.78 is 0. The lowest BCUT2D eigenvalue weighted by atomic mass is 9.80. The molecule has 1 heteroatoms. The highest BCUT2D eigenvalue weighted by Crippen LogP contribution is 2.28. The summed E-state index contributed by atoms with van der Waals surface area (Å²) in [5, 5.41) is 3.55. The van der Waals surface area contributed by atoms with E-state index in [0.29, 0.717) is 6.04 Å². The molecule has 12 heavy (non-hydrogen) atoms. The van der Waals surface area contributed by atoms with Crippen LogP contribution in [-0.2, 0) is 0 Å². The Hall–Kier alpha value is -0.0400. The van der Waals surface area contributed by atoms with E-state index in [0.717, 1.165) is 11.8 Å². The fourth-order valence-corrected chi connectivity index (χ4v) is 2.08. The van der Waals surface area contributed by atoms with Crippen molar-refractivity contribution in [3.05, 3.63) is 0 Å². The van der Waals surface area contributed by atoms with Gasteiger partial charge in [-0.1, -0.05) is 40.0 Å². The Balaban J connectivity index is 2.20. The minimum Gasteiger partial charge on any atom is -0.314 e. The van der Waals surface area contributed by atoms with Gasteiger partial charge in [0.05, 0.1) is 0 Å². The molecule has 0 saturated heterocycles. The molecule has 0 amide bonds. The summed E-state index contributed by atoms with van der Waals surface area (Å²) in [6, 6.07) is 0.652. The molecule has 0 bridgehead atoms. The fourth-order valence-electron chi connectivity index (χ4n) is 2.08. The van der Waals surface area contributed by atoms with Crippen molar-refractivity contribution < 1.29 is 0 Å². The van der Waals surface area contributed by atoms with Crippen LogP contribution in [0.3, 0.4) is 0 Å². The average Bonchev–Trinajstić information content (AvgIpc) is 2.03. The lowest BCUT2D eigenvalue weighted by Gasteiger charge is -2.29. The first kappa shape index (κ1) is 10.0. The van der Waals surface area contributed by atoms with Crippen LogP contribution in [0, 0.1) is 11.8 Å². The second kappa shape index (κ2) is 4.86. The average molecular weight is 169 g/mol. The van der Waals surface area contributed by atoms with Crippen molar-refractivity contribution in [3.63, 3.8) is 0 Å². The van der Waals surface area contributed by atoms with Crippen LogP contribution in [-0.4, -0.2) is 12.6 Å². The van der Waals surface area contributed by atoms with Crippen LogP contribution in [0.5, 0.6) is 0 Å². The topological polar surface area (TPSA) is 12.0 Å². The summed E-state index contributed by atoms with van der Waals surface area (Å²) in [5.41, 5.74) is 0. The minimum absolute atomic E-state index is 0.652. The third kappa shape index (κ3) is 3.14. The second-order valence-corrected chi connectivity index (χ2v) is 4.58. The number of hydrogen-bond donors (Lipinski definition) is 1. The van der Waals surface area contributed by atoms with Crippen molar-refractivity contribution in [1.29, 1.82) is 0 Å². The van der Waals surface area contributed by atoms with Gasteiger partial charge in [-0.2, -0.15) is 0 Å². The van der Waals surface area contributed by atoms with E-state index in [1.54, 1.807) is 0 Å². The fraction of sp³-hybridized carbons (Fsp3) is 1.00. The van der Waals surface area contributed by atoms with Crippen molar-refractivity contribution in [2.75, 3.05) is 6.54 Å². The Morgan fingerprint density at radius 3 is 2.50 bits per heavy atom. The minimum atomic E-state index is 0.652. The molecule has 0 aromatic heterocycles.